The molecule has 4 N–H and O–H groups in total. The summed E-state index contributed by atoms with van der Waals surface area (Å²) >= 11 is 0. The fourth-order valence-electron chi connectivity index (χ4n) is 1.65. The summed E-state index contributed by atoms with van der Waals surface area (Å²) in [5.41, 5.74) is 6.94. The van der Waals surface area contributed by atoms with Crippen LogP contribution in [0.3, 0.4) is 0 Å². The van der Waals surface area contributed by atoms with E-state index in [1.165, 1.54) is 0 Å². The van der Waals surface area contributed by atoms with Gasteiger partial charge in [-0.05, 0) is 12.1 Å². The molecule has 1 fully saturated rings. The number of nitrogen functional groups attached to an aromatic ring is 1. The van der Waals surface area contributed by atoms with E-state index in [4.69, 9.17) is 11.1 Å². The fraction of sp³-hybridized carbons (Fsp3) is 0.400. The van der Waals surface area contributed by atoms with Gasteiger partial charge in [-0.3, -0.25) is 10.4 Å². The second kappa shape index (κ2) is 4.27. The van der Waals surface area contributed by atoms with Crippen LogP contribution in [-0.4, -0.2) is 41.9 Å². The van der Waals surface area contributed by atoms with Crippen molar-refractivity contribution < 1.29 is 0 Å². The van der Waals surface area contributed by atoms with Gasteiger partial charge in [0.05, 0.1) is 5.69 Å². The van der Waals surface area contributed by atoms with Crippen molar-refractivity contribution in [2.75, 3.05) is 31.9 Å². The summed E-state index contributed by atoms with van der Waals surface area (Å²) in [5.74, 6) is 0.426. The minimum Gasteiger partial charge on any atom is -0.397 e. The molecule has 0 bridgehead atoms. The van der Waals surface area contributed by atoms with Crippen molar-refractivity contribution in [2.45, 2.75) is 0 Å². The Balaban J connectivity index is 2.16. The van der Waals surface area contributed by atoms with E-state index in [2.05, 4.69) is 10.3 Å². The van der Waals surface area contributed by atoms with Gasteiger partial charge < -0.3 is 16.0 Å². The van der Waals surface area contributed by atoms with E-state index in [9.17, 15) is 0 Å². The van der Waals surface area contributed by atoms with Crippen molar-refractivity contribution in [3.05, 3.63) is 24.0 Å². The molecule has 1 aromatic rings. The quantitative estimate of drug-likeness (QED) is 0.442. The molecule has 5 heteroatoms. The van der Waals surface area contributed by atoms with Crippen LogP contribution in [0.5, 0.6) is 0 Å². The van der Waals surface area contributed by atoms with Crippen molar-refractivity contribution in [3.63, 3.8) is 0 Å². The fourth-order valence-corrected chi connectivity index (χ4v) is 1.65. The van der Waals surface area contributed by atoms with Crippen LogP contribution in [0.1, 0.15) is 5.69 Å². The molecule has 15 heavy (non-hydrogen) atoms. The Morgan fingerprint density at radius 2 is 2.20 bits per heavy atom. The number of aromatic nitrogens is 1. The maximum absolute atomic E-state index is 8.02. The van der Waals surface area contributed by atoms with Gasteiger partial charge in [0.2, 0.25) is 0 Å². The lowest BCUT2D eigenvalue weighted by Crippen LogP contribution is -2.46. The highest BCUT2D eigenvalue weighted by atomic mass is 15.2. The Labute approximate surface area is 88.8 Å². The molecule has 0 unspecified atom stereocenters. The summed E-state index contributed by atoms with van der Waals surface area (Å²) < 4.78 is 0. The van der Waals surface area contributed by atoms with Crippen molar-refractivity contribution >= 4 is 11.5 Å². The number of hydrogen-bond acceptors (Lipinski definition) is 4. The molecule has 1 saturated heterocycles. The van der Waals surface area contributed by atoms with E-state index in [1.54, 1.807) is 18.3 Å². The van der Waals surface area contributed by atoms with Gasteiger partial charge in [-0.1, -0.05) is 0 Å². The lowest BCUT2D eigenvalue weighted by atomic mass is 10.2. The topological polar surface area (TPSA) is 78.0 Å². The summed E-state index contributed by atoms with van der Waals surface area (Å²) in [6, 6.07) is 3.56. The van der Waals surface area contributed by atoms with Gasteiger partial charge in [-0.2, -0.15) is 0 Å². The number of nitrogens with two attached hydrogens (primary N) is 1. The van der Waals surface area contributed by atoms with Crippen LogP contribution in [0.15, 0.2) is 18.3 Å². The van der Waals surface area contributed by atoms with E-state index >= 15 is 0 Å². The number of nitrogens with one attached hydrogen (secondary N) is 2. The average molecular weight is 205 g/mol. The zero-order chi connectivity index (χ0) is 10.7. The first kappa shape index (κ1) is 9.92. The molecule has 5 nitrogen and oxygen atoms in total. The van der Waals surface area contributed by atoms with Gasteiger partial charge in [-0.15, -0.1) is 0 Å². The normalized spacial score (nSPS) is 16.4. The zero-order valence-electron chi connectivity index (χ0n) is 8.53. The van der Waals surface area contributed by atoms with Crippen LogP contribution in [0, 0.1) is 5.41 Å². The minimum atomic E-state index is 0.426. The molecule has 0 aliphatic carbocycles. The first-order valence-electron chi connectivity index (χ1n) is 5.04. The summed E-state index contributed by atoms with van der Waals surface area (Å²) in [6.45, 7) is 3.51. The van der Waals surface area contributed by atoms with Crippen LogP contribution in [0.4, 0.5) is 5.69 Å². The molecule has 0 radical (unpaired) electrons. The van der Waals surface area contributed by atoms with Gasteiger partial charge in [0.1, 0.15) is 11.5 Å². The van der Waals surface area contributed by atoms with E-state index < -0.39 is 0 Å². The SMILES string of the molecule is N=C(c1ncccc1N)N1CCNCC1. The Bertz CT molecular complexity index is 357. The molecule has 0 aromatic carbocycles. The maximum Gasteiger partial charge on any atom is 0.149 e. The predicted molar refractivity (Wildman–Crippen MR) is 59.9 cm³/mol. The van der Waals surface area contributed by atoms with Crippen LogP contribution in [0.2, 0.25) is 0 Å². The van der Waals surface area contributed by atoms with Crippen LogP contribution < -0.4 is 11.1 Å². The molecule has 2 heterocycles. The summed E-state index contributed by atoms with van der Waals surface area (Å²) in [6.07, 6.45) is 1.67. The Morgan fingerprint density at radius 1 is 1.47 bits per heavy atom. The summed E-state index contributed by atoms with van der Waals surface area (Å²) in [4.78, 5) is 6.14. The molecule has 1 aliphatic rings. The lowest BCUT2D eigenvalue weighted by Gasteiger charge is -2.29. The predicted octanol–water partition coefficient (Wildman–Crippen LogP) is -0.106. The van der Waals surface area contributed by atoms with Gasteiger partial charge in [0, 0.05) is 32.4 Å². The average Bonchev–Trinajstić information content (AvgIpc) is 2.30. The Hall–Kier alpha value is -1.62. The van der Waals surface area contributed by atoms with Gasteiger partial charge in [0.15, 0.2) is 0 Å². The Morgan fingerprint density at radius 3 is 2.87 bits per heavy atom. The highest BCUT2D eigenvalue weighted by Crippen LogP contribution is 2.10. The van der Waals surface area contributed by atoms with Crippen molar-refractivity contribution in [1.82, 2.24) is 15.2 Å². The third-order valence-electron chi connectivity index (χ3n) is 2.50. The molecule has 1 aromatic heterocycles. The number of piperazine rings is 1. The second-order valence-corrected chi connectivity index (χ2v) is 3.53. The van der Waals surface area contributed by atoms with Gasteiger partial charge >= 0.3 is 0 Å². The first-order chi connectivity index (χ1) is 7.29. The van der Waals surface area contributed by atoms with E-state index in [-0.39, 0.29) is 0 Å². The number of amidine groups is 1. The van der Waals surface area contributed by atoms with E-state index in [0.29, 0.717) is 17.2 Å². The van der Waals surface area contributed by atoms with Crippen molar-refractivity contribution in [2.24, 2.45) is 0 Å². The lowest BCUT2D eigenvalue weighted by molar-refractivity contribution is 0.356. The van der Waals surface area contributed by atoms with E-state index in [0.717, 1.165) is 26.2 Å². The number of rotatable bonds is 1. The summed E-state index contributed by atoms with van der Waals surface area (Å²) in [7, 11) is 0. The van der Waals surface area contributed by atoms with E-state index in [1.807, 2.05) is 4.90 Å². The number of pyridine rings is 1. The maximum atomic E-state index is 8.02. The highest BCUT2D eigenvalue weighted by molar-refractivity contribution is 5.99. The molecule has 0 saturated carbocycles. The third kappa shape index (κ3) is 2.07. The van der Waals surface area contributed by atoms with Crippen LogP contribution in [-0.2, 0) is 0 Å². The number of hydrogen-bond donors (Lipinski definition) is 3. The number of nitrogens with zero attached hydrogens (tertiary/aromatic N) is 2. The van der Waals surface area contributed by atoms with Crippen molar-refractivity contribution in [1.29, 1.82) is 5.41 Å². The van der Waals surface area contributed by atoms with Crippen LogP contribution in [0.25, 0.3) is 0 Å². The van der Waals surface area contributed by atoms with Crippen molar-refractivity contribution in [3.8, 4) is 0 Å². The smallest absolute Gasteiger partial charge is 0.149 e. The molecule has 0 spiro atoms. The third-order valence-corrected chi connectivity index (χ3v) is 2.50. The van der Waals surface area contributed by atoms with Gasteiger partial charge in [0.25, 0.3) is 0 Å². The summed E-state index contributed by atoms with van der Waals surface area (Å²) in [5, 5.41) is 11.3. The first-order valence-corrected chi connectivity index (χ1v) is 5.04. The van der Waals surface area contributed by atoms with Crippen LogP contribution >= 0.6 is 0 Å². The number of anilines is 1. The minimum absolute atomic E-state index is 0.426. The molecule has 0 atom stereocenters. The standard InChI is InChI=1S/C10H15N5/c11-8-2-1-3-14-9(8)10(12)15-6-4-13-5-7-15/h1-3,12-13H,4-7,11H2. The monoisotopic (exact) mass is 205 g/mol. The molecule has 1 aliphatic heterocycles. The largest absolute Gasteiger partial charge is 0.397 e. The molecule has 80 valence electrons. The molecule has 0 amide bonds. The Kier molecular flexibility index (Phi) is 2.82. The molecular formula is C10H15N5. The molecule has 2 rings (SSSR count). The second-order valence-electron chi connectivity index (χ2n) is 3.53. The molecular weight excluding hydrogens is 190 g/mol. The highest BCUT2D eigenvalue weighted by Gasteiger charge is 2.16. The van der Waals surface area contributed by atoms with Gasteiger partial charge in [-0.25, -0.2) is 0 Å². The zero-order valence-corrected chi connectivity index (χ0v) is 8.53.